The van der Waals surface area contributed by atoms with Gasteiger partial charge in [0.05, 0.1) is 16.3 Å². The molecule has 38 heavy (non-hydrogen) atoms. The number of carbonyl (C=O) groups excluding carboxylic acids is 2. The number of amides is 2. The van der Waals surface area contributed by atoms with E-state index in [0.29, 0.717) is 23.5 Å². The molecule has 0 saturated heterocycles. The van der Waals surface area contributed by atoms with E-state index in [9.17, 15) is 19.7 Å². The molecule has 1 unspecified atom stereocenters. The molecule has 2 amide bonds. The van der Waals surface area contributed by atoms with Crippen LogP contribution >= 0.6 is 0 Å². The van der Waals surface area contributed by atoms with Crippen LogP contribution in [0.5, 0.6) is 0 Å². The fraction of sp³-hybridized carbons (Fsp3) is 0.276. The first-order valence-electron chi connectivity index (χ1n) is 12.7. The van der Waals surface area contributed by atoms with Crippen molar-refractivity contribution in [1.29, 1.82) is 0 Å². The monoisotopic (exact) mass is 511 g/mol. The molecule has 194 valence electrons. The summed E-state index contributed by atoms with van der Waals surface area (Å²) in [7, 11) is 0. The van der Waals surface area contributed by atoms with Gasteiger partial charge in [0.2, 0.25) is 11.8 Å². The number of nitrogens with one attached hydrogen (secondary N) is 3. The molecule has 0 bridgehead atoms. The average molecular weight is 512 g/mol. The molecule has 0 saturated carbocycles. The minimum atomic E-state index is -0.784. The summed E-state index contributed by atoms with van der Waals surface area (Å²) in [4.78, 5) is 40.4. The van der Waals surface area contributed by atoms with E-state index in [0.717, 1.165) is 49.2 Å². The van der Waals surface area contributed by atoms with Gasteiger partial charge < -0.3 is 16.0 Å². The largest absolute Gasteiger partial charge is 0.356 e. The molecule has 0 spiro atoms. The number of nitrogens with zero attached hydrogens (tertiary/aromatic N) is 2. The predicted molar refractivity (Wildman–Crippen MR) is 146 cm³/mol. The highest BCUT2D eigenvalue weighted by atomic mass is 16.6. The molecule has 0 radical (unpaired) electrons. The van der Waals surface area contributed by atoms with Crippen LogP contribution in [0.3, 0.4) is 0 Å². The molecular weight excluding hydrogens is 482 g/mol. The number of carbonyl (C=O) groups is 2. The minimum absolute atomic E-state index is 0.0463. The zero-order chi connectivity index (χ0) is 26.6. The van der Waals surface area contributed by atoms with E-state index >= 15 is 0 Å². The molecule has 9 heteroatoms. The lowest BCUT2D eigenvalue weighted by Crippen LogP contribution is -2.23. The Morgan fingerprint density at radius 1 is 1.11 bits per heavy atom. The van der Waals surface area contributed by atoms with E-state index in [1.165, 1.54) is 30.2 Å². The molecule has 0 aliphatic carbocycles. The van der Waals surface area contributed by atoms with E-state index in [1.54, 1.807) is 6.07 Å². The van der Waals surface area contributed by atoms with E-state index in [1.807, 2.05) is 30.3 Å². The van der Waals surface area contributed by atoms with E-state index in [-0.39, 0.29) is 17.5 Å². The maximum atomic E-state index is 13.2. The standard InChI is InChI=1S/C29H29N5O4/c1-18(35)31-13-2-3-19-4-6-20(7-5-19)28(32-23-9-8-22-17-30-14-12-21(22)15-23)27-25-16-24(34(37)38)10-11-26(25)33-29(27)36/h4-11,15-16,27,30H,2-3,12-14,17H2,1H3,(H,31,35)(H,33,36). The Morgan fingerprint density at radius 2 is 1.92 bits per heavy atom. The number of hydrogen-bond acceptors (Lipinski definition) is 6. The maximum Gasteiger partial charge on any atom is 0.269 e. The maximum absolute atomic E-state index is 13.2. The summed E-state index contributed by atoms with van der Waals surface area (Å²) in [5.74, 6) is -1.09. The van der Waals surface area contributed by atoms with Crippen molar-refractivity contribution in [3.8, 4) is 0 Å². The molecule has 3 aromatic carbocycles. The number of nitro benzene ring substituents is 1. The van der Waals surface area contributed by atoms with Crippen molar-refractivity contribution in [1.82, 2.24) is 10.6 Å². The van der Waals surface area contributed by atoms with Gasteiger partial charge in [-0.3, -0.25) is 24.7 Å². The summed E-state index contributed by atoms with van der Waals surface area (Å²) < 4.78 is 0. The highest BCUT2D eigenvalue weighted by molar-refractivity contribution is 6.24. The number of non-ortho nitro benzene ring substituents is 1. The smallest absolute Gasteiger partial charge is 0.269 e. The Hall–Kier alpha value is -4.37. The van der Waals surface area contributed by atoms with Gasteiger partial charge in [-0.25, -0.2) is 0 Å². The van der Waals surface area contributed by atoms with Crippen molar-refractivity contribution in [2.75, 3.05) is 18.4 Å². The van der Waals surface area contributed by atoms with Gasteiger partial charge in [-0.15, -0.1) is 0 Å². The van der Waals surface area contributed by atoms with Gasteiger partial charge in [0.25, 0.3) is 5.69 Å². The highest BCUT2D eigenvalue weighted by Gasteiger charge is 2.36. The van der Waals surface area contributed by atoms with Gasteiger partial charge in [-0.1, -0.05) is 30.3 Å². The molecule has 9 nitrogen and oxygen atoms in total. The third kappa shape index (κ3) is 5.47. The third-order valence-electron chi connectivity index (χ3n) is 6.94. The minimum Gasteiger partial charge on any atom is -0.356 e. The molecule has 3 N–H and O–H groups in total. The van der Waals surface area contributed by atoms with Gasteiger partial charge in [-0.2, -0.15) is 0 Å². The fourth-order valence-electron chi connectivity index (χ4n) is 5.00. The Morgan fingerprint density at radius 3 is 2.68 bits per heavy atom. The van der Waals surface area contributed by atoms with Gasteiger partial charge in [0.1, 0.15) is 5.92 Å². The second kappa shape index (κ2) is 10.9. The zero-order valence-electron chi connectivity index (χ0n) is 21.1. The number of benzene rings is 3. The molecular formula is C29H29N5O4. The third-order valence-corrected chi connectivity index (χ3v) is 6.94. The van der Waals surface area contributed by atoms with Crippen LogP contribution in [0.25, 0.3) is 0 Å². The van der Waals surface area contributed by atoms with Crippen LogP contribution in [-0.2, 0) is 29.0 Å². The lowest BCUT2D eigenvalue weighted by atomic mass is 9.89. The van der Waals surface area contributed by atoms with Crippen molar-refractivity contribution >= 4 is 34.6 Å². The Kier molecular flexibility index (Phi) is 7.28. The topological polar surface area (TPSA) is 126 Å². The van der Waals surface area contributed by atoms with Gasteiger partial charge in [0.15, 0.2) is 0 Å². The van der Waals surface area contributed by atoms with Gasteiger partial charge in [-0.05, 0) is 66.3 Å². The van der Waals surface area contributed by atoms with E-state index in [4.69, 9.17) is 4.99 Å². The number of fused-ring (bicyclic) bond motifs is 2. The number of nitro groups is 1. The molecule has 3 aromatic rings. The molecule has 2 heterocycles. The number of aliphatic imine (C=N–C) groups is 1. The van der Waals surface area contributed by atoms with Crippen LogP contribution in [-0.4, -0.2) is 35.5 Å². The van der Waals surface area contributed by atoms with Crippen molar-refractivity contribution in [2.45, 2.75) is 38.6 Å². The van der Waals surface area contributed by atoms with Crippen LogP contribution in [0.4, 0.5) is 17.1 Å². The summed E-state index contributed by atoms with van der Waals surface area (Å²) >= 11 is 0. The lowest BCUT2D eigenvalue weighted by molar-refractivity contribution is -0.384. The summed E-state index contributed by atoms with van der Waals surface area (Å²) in [5.41, 5.74) is 6.66. The molecule has 2 aliphatic rings. The Bertz CT molecular complexity index is 1430. The van der Waals surface area contributed by atoms with Gasteiger partial charge >= 0.3 is 0 Å². The second-order valence-corrected chi connectivity index (χ2v) is 9.61. The zero-order valence-corrected chi connectivity index (χ0v) is 21.1. The number of hydrogen-bond donors (Lipinski definition) is 3. The van der Waals surface area contributed by atoms with Crippen LogP contribution in [0.2, 0.25) is 0 Å². The van der Waals surface area contributed by atoms with E-state index in [2.05, 4.69) is 28.1 Å². The quantitative estimate of drug-likeness (QED) is 0.181. The Labute approximate surface area is 220 Å². The van der Waals surface area contributed by atoms with Crippen molar-refractivity contribution in [3.05, 3.63) is 98.6 Å². The first-order valence-corrected chi connectivity index (χ1v) is 12.7. The van der Waals surface area contributed by atoms with Crippen LogP contribution in [0.1, 0.15) is 47.1 Å². The molecule has 0 fully saturated rings. The lowest BCUT2D eigenvalue weighted by Gasteiger charge is -2.18. The predicted octanol–water partition coefficient (Wildman–Crippen LogP) is 4.17. The SMILES string of the molecule is CC(=O)NCCCc1ccc(C(=Nc2ccc3c(c2)CCNC3)C2C(=O)Nc3ccc([N+](=O)[O-])cc32)cc1. The average Bonchev–Trinajstić information content (AvgIpc) is 3.24. The van der Waals surface area contributed by atoms with Crippen LogP contribution < -0.4 is 16.0 Å². The molecule has 0 aromatic heterocycles. The highest BCUT2D eigenvalue weighted by Crippen LogP contribution is 2.38. The van der Waals surface area contributed by atoms with E-state index < -0.39 is 10.8 Å². The van der Waals surface area contributed by atoms with Crippen molar-refractivity contribution in [2.24, 2.45) is 4.99 Å². The fourth-order valence-corrected chi connectivity index (χ4v) is 5.00. The Balaban J connectivity index is 1.52. The molecule has 2 aliphatic heterocycles. The van der Waals surface area contributed by atoms with Gasteiger partial charge in [0, 0.05) is 43.4 Å². The number of anilines is 1. The molecule has 1 atom stereocenters. The van der Waals surface area contributed by atoms with Crippen molar-refractivity contribution in [3.63, 3.8) is 0 Å². The number of aryl methyl sites for hydroxylation is 1. The molecule has 5 rings (SSSR count). The van der Waals surface area contributed by atoms with Crippen molar-refractivity contribution < 1.29 is 14.5 Å². The van der Waals surface area contributed by atoms with Crippen LogP contribution in [0.15, 0.2) is 65.7 Å². The first kappa shape index (κ1) is 25.3. The number of rotatable bonds is 8. The summed E-state index contributed by atoms with van der Waals surface area (Å²) in [6.45, 7) is 3.83. The first-order chi connectivity index (χ1) is 18.4. The summed E-state index contributed by atoms with van der Waals surface area (Å²) in [5, 5.41) is 20.5. The second-order valence-electron chi connectivity index (χ2n) is 9.61. The van der Waals surface area contributed by atoms with Crippen LogP contribution in [0, 0.1) is 10.1 Å². The normalized spacial score (nSPS) is 16.4. The summed E-state index contributed by atoms with van der Waals surface area (Å²) in [6, 6.07) is 18.4. The summed E-state index contributed by atoms with van der Waals surface area (Å²) in [6.07, 6.45) is 2.51.